The molecular formula is C26H36N4O6. The number of amides is 3. The summed E-state index contributed by atoms with van der Waals surface area (Å²) in [6, 6.07) is 8.40. The summed E-state index contributed by atoms with van der Waals surface area (Å²) in [5.41, 5.74) is -0.329. The molecule has 5 rings (SSSR count). The first-order valence-corrected chi connectivity index (χ1v) is 13.1. The molecule has 1 spiro atoms. The Hall–Kier alpha value is -2.53. The molecule has 0 radical (unpaired) electrons. The van der Waals surface area contributed by atoms with E-state index in [2.05, 4.69) is 15.5 Å². The van der Waals surface area contributed by atoms with Gasteiger partial charge in [-0.2, -0.15) is 0 Å². The number of hydrogen-bond acceptors (Lipinski definition) is 7. The number of benzene rings is 1. The molecule has 5 atom stereocenters. The Bertz CT molecular complexity index is 955. The molecule has 10 nitrogen and oxygen atoms in total. The number of ether oxygens (including phenoxy) is 2. The standard InChI is InChI=1S/C26H36N4O6/c31-15-5-4-11-30-22(24(33)27-10-12-29-13-16-35-17-14-29)26-9-8-19(36-26)20(21(26)25(30)34)23(32)28-18-6-2-1-3-7-18/h1-3,6-7,19-22,31H,4-5,8-17H2,(H,27,33)(H,28,32)/t19-,20+,21-,22?,26?/m0/s1. The van der Waals surface area contributed by atoms with E-state index in [0.717, 1.165) is 13.1 Å². The van der Waals surface area contributed by atoms with Crippen molar-refractivity contribution in [1.82, 2.24) is 15.1 Å². The van der Waals surface area contributed by atoms with Gasteiger partial charge in [0.15, 0.2) is 0 Å². The molecule has 4 saturated heterocycles. The van der Waals surface area contributed by atoms with Crippen LogP contribution in [0, 0.1) is 11.8 Å². The molecular weight excluding hydrogens is 464 g/mol. The number of para-hydroxylation sites is 1. The van der Waals surface area contributed by atoms with E-state index in [0.29, 0.717) is 64.2 Å². The van der Waals surface area contributed by atoms with Crippen LogP contribution in [0.15, 0.2) is 30.3 Å². The Balaban J connectivity index is 1.33. The minimum Gasteiger partial charge on any atom is -0.396 e. The second-order valence-corrected chi connectivity index (χ2v) is 10.1. The summed E-state index contributed by atoms with van der Waals surface area (Å²) in [5.74, 6) is -2.00. The predicted octanol–water partition coefficient (Wildman–Crippen LogP) is 0.221. The van der Waals surface area contributed by atoms with E-state index < -0.39 is 23.5 Å². The van der Waals surface area contributed by atoms with Crippen molar-refractivity contribution in [3.63, 3.8) is 0 Å². The number of nitrogens with zero attached hydrogens (tertiary/aromatic N) is 2. The first-order valence-electron chi connectivity index (χ1n) is 13.1. The van der Waals surface area contributed by atoms with Crippen molar-refractivity contribution in [3.8, 4) is 0 Å². The fraction of sp³-hybridized carbons (Fsp3) is 0.654. The van der Waals surface area contributed by atoms with Gasteiger partial charge in [-0.1, -0.05) is 18.2 Å². The fourth-order valence-electron chi connectivity index (χ4n) is 6.39. The van der Waals surface area contributed by atoms with E-state index in [-0.39, 0.29) is 30.4 Å². The number of likely N-dealkylation sites (tertiary alicyclic amines) is 1. The van der Waals surface area contributed by atoms with Crippen LogP contribution in [0.3, 0.4) is 0 Å². The smallest absolute Gasteiger partial charge is 0.245 e. The van der Waals surface area contributed by atoms with Gasteiger partial charge < -0.3 is 30.1 Å². The monoisotopic (exact) mass is 500 g/mol. The first kappa shape index (κ1) is 25.1. The lowest BCUT2D eigenvalue weighted by molar-refractivity contribution is -0.141. The van der Waals surface area contributed by atoms with Crippen molar-refractivity contribution in [2.45, 2.75) is 43.4 Å². The number of anilines is 1. The highest BCUT2D eigenvalue weighted by Crippen LogP contribution is 2.58. The van der Waals surface area contributed by atoms with Crippen LogP contribution in [0.1, 0.15) is 25.7 Å². The number of morpholine rings is 1. The second kappa shape index (κ2) is 10.8. The van der Waals surface area contributed by atoms with Gasteiger partial charge >= 0.3 is 0 Å². The summed E-state index contributed by atoms with van der Waals surface area (Å²) in [6.45, 7) is 4.60. The highest BCUT2D eigenvalue weighted by atomic mass is 16.5. The van der Waals surface area contributed by atoms with Crippen LogP contribution in [0.25, 0.3) is 0 Å². The van der Waals surface area contributed by atoms with Crippen molar-refractivity contribution < 1.29 is 29.0 Å². The number of hydrogen-bond donors (Lipinski definition) is 3. The van der Waals surface area contributed by atoms with Gasteiger partial charge in [-0.25, -0.2) is 0 Å². The van der Waals surface area contributed by atoms with Gasteiger partial charge in [0.1, 0.15) is 11.6 Å². The molecule has 4 aliphatic heterocycles. The van der Waals surface area contributed by atoms with Gasteiger partial charge in [0.05, 0.1) is 31.2 Å². The Morgan fingerprint density at radius 3 is 2.61 bits per heavy atom. The summed E-state index contributed by atoms with van der Waals surface area (Å²) in [5, 5.41) is 15.3. The van der Waals surface area contributed by atoms with Crippen molar-refractivity contribution in [1.29, 1.82) is 0 Å². The number of carbonyl (C=O) groups excluding carboxylic acids is 3. The highest BCUT2D eigenvalue weighted by Gasteiger charge is 2.74. The third kappa shape index (κ3) is 4.63. The average Bonchev–Trinajstić information content (AvgIpc) is 3.53. The molecule has 10 heteroatoms. The van der Waals surface area contributed by atoms with Gasteiger partial charge in [-0.15, -0.1) is 0 Å². The van der Waals surface area contributed by atoms with Crippen LogP contribution in [0.4, 0.5) is 5.69 Å². The van der Waals surface area contributed by atoms with Gasteiger partial charge in [0.25, 0.3) is 0 Å². The number of nitrogens with one attached hydrogen (secondary N) is 2. The topological polar surface area (TPSA) is 120 Å². The quantitative estimate of drug-likeness (QED) is 0.393. The van der Waals surface area contributed by atoms with E-state index in [1.807, 2.05) is 30.3 Å². The summed E-state index contributed by atoms with van der Waals surface area (Å²) in [6.07, 6.45) is 1.94. The van der Waals surface area contributed by atoms with Gasteiger partial charge in [-0.3, -0.25) is 19.3 Å². The third-order valence-electron chi connectivity index (χ3n) is 8.03. The van der Waals surface area contributed by atoms with Crippen molar-refractivity contribution >= 4 is 23.4 Å². The predicted molar refractivity (Wildman–Crippen MR) is 131 cm³/mol. The molecule has 1 aromatic rings. The number of aliphatic hydroxyl groups is 1. The lowest BCUT2D eigenvalue weighted by Gasteiger charge is -2.34. The molecule has 0 aliphatic carbocycles. The zero-order valence-electron chi connectivity index (χ0n) is 20.6. The largest absolute Gasteiger partial charge is 0.396 e. The Morgan fingerprint density at radius 1 is 1.08 bits per heavy atom. The lowest BCUT2D eigenvalue weighted by atomic mass is 9.70. The van der Waals surface area contributed by atoms with Gasteiger partial charge in [-0.05, 0) is 37.8 Å². The third-order valence-corrected chi connectivity index (χ3v) is 8.03. The Labute approximate surface area is 211 Å². The minimum atomic E-state index is -0.997. The van der Waals surface area contributed by atoms with E-state index in [1.165, 1.54) is 0 Å². The van der Waals surface area contributed by atoms with Crippen LogP contribution in [0.2, 0.25) is 0 Å². The lowest BCUT2D eigenvalue weighted by Crippen LogP contribution is -2.56. The molecule has 0 aromatic heterocycles. The van der Waals surface area contributed by atoms with Crippen molar-refractivity contribution in [3.05, 3.63) is 30.3 Å². The average molecular weight is 501 g/mol. The van der Waals surface area contributed by atoms with Crippen LogP contribution in [-0.2, 0) is 23.9 Å². The minimum absolute atomic E-state index is 0.0215. The van der Waals surface area contributed by atoms with E-state index in [1.54, 1.807) is 4.90 Å². The van der Waals surface area contributed by atoms with Gasteiger partial charge in [0.2, 0.25) is 17.7 Å². The number of fused-ring (bicyclic) bond motifs is 1. The Morgan fingerprint density at radius 2 is 1.86 bits per heavy atom. The van der Waals surface area contributed by atoms with Gasteiger partial charge in [0, 0.05) is 45.0 Å². The molecule has 36 heavy (non-hydrogen) atoms. The molecule has 0 saturated carbocycles. The summed E-state index contributed by atoms with van der Waals surface area (Å²) in [7, 11) is 0. The zero-order chi connectivity index (χ0) is 25.1. The number of unbranched alkanes of at least 4 members (excludes halogenated alkanes) is 1. The van der Waals surface area contributed by atoms with Crippen LogP contribution in [0.5, 0.6) is 0 Å². The molecule has 4 fully saturated rings. The van der Waals surface area contributed by atoms with Crippen molar-refractivity contribution in [2.24, 2.45) is 11.8 Å². The zero-order valence-corrected chi connectivity index (χ0v) is 20.6. The molecule has 3 amide bonds. The van der Waals surface area contributed by atoms with Crippen LogP contribution < -0.4 is 10.6 Å². The fourth-order valence-corrected chi connectivity index (χ4v) is 6.39. The first-order chi connectivity index (χ1) is 17.5. The van der Waals surface area contributed by atoms with Crippen LogP contribution in [-0.4, -0.2) is 103 Å². The molecule has 1 aromatic carbocycles. The molecule has 2 bridgehead atoms. The van der Waals surface area contributed by atoms with E-state index in [4.69, 9.17) is 9.47 Å². The maximum Gasteiger partial charge on any atom is 0.245 e. The highest BCUT2D eigenvalue weighted by molar-refractivity contribution is 6.01. The summed E-state index contributed by atoms with van der Waals surface area (Å²) < 4.78 is 11.8. The molecule has 2 unspecified atom stereocenters. The molecule has 4 heterocycles. The van der Waals surface area contributed by atoms with E-state index >= 15 is 0 Å². The van der Waals surface area contributed by atoms with Crippen molar-refractivity contribution in [2.75, 3.05) is 57.9 Å². The number of aliphatic hydroxyl groups excluding tert-OH is 1. The summed E-state index contributed by atoms with van der Waals surface area (Å²) in [4.78, 5) is 44.6. The molecule has 196 valence electrons. The van der Waals surface area contributed by atoms with E-state index in [9.17, 15) is 19.5 Å². The maximum absolute atomic E-state index is 13.8. The normalized spacial score (nSPS) is 31.5. The van der Waals surface area contributed by atoms with Crippen LogP contribution >= 0.6 is 0 Å². The maximum atomic E-state index is 13.8. The summed E-state index contributed by atoms with van der Waals surface area (Å²) >= 11 is 0. The second-order valence-electron chi connectivity index (χ2n) is 10.1. The molecule has 3 N–H and O–H groups in total. The Kier molecular flexibility index (Phi) is 7.57. The number of rotatable bonds is 10. The number of carbonyl (C=O) groups is 3. The SMILES string of the molecule is O=C(NCCN1CCOCC1)C1N(CCCCO)C(=O)[C@@H]2[C@H](C(=O)Nc3ccccc3)[C@@H]3CCC12O3. The molecule has 4 aliphatic rings.